The molecule has 1 amide bonds. The molecule has 1 heterocycles. The SMILES string of the molecule is CCCCNn1c(O)c(C#N)c(C)c(N=Nc2ccc(C(=O)NC)cc2)c1=O. The van der Waals surface area contributed by atoms with Gasteiger partial charge < -0.3 is 15.8 Å². The van der Waals surface area contributed by atoms with E-state index in [4.69, 9.17) is 0 Å². The van der Waals surface area contributed by atoms with Gasteiger partial charge in [-0.3, -0.25) is 9.59 Å². The minimum absolute atomic E-state index is 0.0475. The van der Waals surface area contributed by atoms with Gasteiger partial charge in [-0.1, -0.05) is 13.3 Å². The smallest absolute Gasteiger partial charge is 0.300 e. The second kappa shape index (κ2) is 9.32. The monoisotopic (exact) mass is 382 g/mol. The van der Waals surface area contributed by atoms with Crippen LogP contribution in [0.3, 0.4) is 0 Å². The van der Waals surface area contributed by atoms with Crippen molar-refractivity contribution in [1.82, 2.24) is 9.99 Å². The highest BCUT2D eigenvalue weighted by atomic mass is 16.3. The summed E-state index contributed by atoms with van der Waals surface area (Å²) in [6, 6.07) is 8.24. The summed E-state index contributed by atoms with van der Waals surface area (Å²) in [7, 11) is 1.54. The molecule has 0 aliphatic carbocycles. The molecular weight excluding hydrogens is 360 g/mol. The van der Waals surface area contributed by atoms with Crippen molar-refractivity contribution in [3.05, 3.63) is 51.3 Å². The molecule has 2 rings (SSSR count). The Balaban J connectivity index is 2.43. The van der Waals surface area contributed by atoms with Crippen molar-refractivity contribution in [2.24, 2.45) is 10.2 Å². The number of nitrogens with one attached hydrogen (secondary N) is 2. The fourth-order valence-corrected chi connectivity index (χ4v) is 2.46. The maximum absolute atomic E-state index is 12.7. The Hall–Kier alpha value is -3.67. The Kier molecular flexibility index (Phi) is 6.87. The van der Waals surface area contributed by atoms with Crippen LogP contribution in [0.4, 0.5) is 11.4 Å². The van der Waals surface area contributed by atoms with Crippen LogP contribution in [0.15, 0.2) is 39.3 Å². The first-order valence-electron chi connectivity index (χ1n) is 8.81. The van der Waals surface area contributed by atoms with E-state index >= 15 is 0 Å². The Morgan fingerprint density at radius 3 is 2.54 bits per heavy atom. The van der Waals surface area contributed by atoms with Gasteiger partial charge in [0.1, 0.15) is 11.6 Å². The maximum atomic E-state index is 12.7. The van der Waals surface area contributed by atoms with Crippen LogP contribution >= 0.6 is 0 Å². The molecule has 0 saturated carbocycles. The number of carbonyl (C=O) groups excluding carboxylic acids is 1. The van der Waals surface area contributed by atoms with Crippen LogP contribution < -0.4 is 16.3 Å². The highest BCUT2D eigenvalue weighted by molar-refractivity contribution is 5.94. The van der Waals surface area contributed by atoms with Crippen molar-refractivity contribution in [3.8, 4) is 11.9 Å². The summed E-state index contributed by atoms with van der Waals surface area (Å²) in [6.45, 7) is 3.98. The first-order valence-corrected chi connectivity index (χ1v) is 8.81. The van der Waals surface area contributed by atoms with Gasteiger partial charge in [0.25, 0.3) is 11.5 Å². The number of aromatic hydroxyl groups is 1. The predicted molar refractivity (Wildman–Crippen MR) is 105 cm³/mol. The molecule has 3 N–H and O–H groups in total. The van der Waals surface area contributed by atoms with Crippen LogP contribution in [-0.2, 0) is 0 Å². The van der Waals surface area contributed by atoms with Gasteiger partial charge in [0, 0.05) is 24.7 Å². The molecule has 0 fully saturated rings. The lowest BCUT2D eigenvalue weighted by molar-refractivity contribution is 0.0963. The topological polar surface area (TPSA) is 132 Å². The summed E-state index contributed by atoms with van der Waals surface area (Å²) in [6.07, 6.45) is 1.69. The van der Waals surface area contributed by atoms with Gasteiger partial charge in [-0.15, -0.1) is 5.11 Å². The highest BCUT2D eigenvalue weighted by Crippen LogP contribution is 2.26. The Bertz CT molecular complexity index is 987. The molecular formula is C19H22N6O3. The first-order chi connectivity index (χ1) is 13.4. The Morgan fingerprint density at radius 1 is 1.29 bits per heavy atom. The van der Waals surface area contributed by atoms with Gasteiger partial charge in [-0.2, -0.15) is 15.1 Å². The molecule has 9 nitrogen and oxygen atoms in total. The first kappa shape index (κ1) is 20.6. The molecule has 0 atom stereocenters. The van der Waals surface area contributed by atoms with E-state index in [1.807, 2.05) is 13.0 Å². The summed E-state index contributed by atoms with van der Waals surface area (Å²) in [5, 5.41) is 30.1. The molecule has 0 unspecified atom stereocenters. The molecule has 0 aliphatic heterocycles. The maximum Gasteiger partial charge on any atom is 0.300 e. The van der Waals surface area contributed by atoms with Crippen molar-refractivity contribution >= 4 is 17.3 Å². The number of hydrogen-bond donors (Lipinski definition) is 3. The number of benzene rings is 1. The highest BCUT2D eigenvalue weighted by Gasteiger charge is 2.19. The number of azo groups is 1. The van der Waals surface area contributed by atoms with E-state index < -0.39 is 11.4 Å². The molecule has 28 heavy (non-hydrogen) atoms. The van der Waals surface area contributed by atoms with Crippen molar-refractivity contribution < 1.29 is 9.90 Å². The molecule has 1 aromatic heterocycles. The molecule has 2 aromatic rings. The Labute approximate surface area is 162 Å². The number of carbonyl (C=O) groups is 1. The number of nitriles is 1. The van der Waals surface area contributed by atoms with E-state index in [2.05, 4.69) is 21.0 Å². The molecule has 9 heteroatoms. The molecule has 0 spiro atoms. The minimum atomic E-state index is -0.601. The number of rotatable bonds is 7. The van der Waals surface area contributed by atoms with Gasteiger partial charge in [0.2, 0.25) is 5.88 Å². The molecule has 0 radical (unpaired) electrons. The number of amides is 1. The number of aromatic nitrogens is 1. The lowest BCUT2D eigenvalue weighted by atomic mass is 10.1. The van der Waals surface area contributed by atoms with E-state index in [9.17, 15) is 20.0 Å². The van der Waals surface area contributed by atoms with Gasteiger partial charge >= 0.3 is 0 Å². The van der Waals surface area contributed by atoms with E-state index in [0.717, 1.165) is 17.5 Å². The minimum Gasteiger partial charge on any atom is -0.492 e. The van der Waals surface area contributed by atoms with E-state index in [-0.39, 0.29) is 22.7 Å². The normalized spacial score (nSPS) is 10.6. The lowest BCUT2D eigenvalue weighted by Crippen LogP contribution is -2.30. The second-order valence-corrected chi connectivity index (χ2v) is 6.01. The van der Waals surface area contributed by atoms with Crippen molar-refractivity contribution in [2.45, 2.75) is 26.7 Å². The zero-order chi connectivity index (χ0) is 20.7. The number of hydrogen-bond acceptors (Lipinski definition) is 7. The number of nitrogens with zero attached hydrogens (tertiary/aromatic N) is 4. The number of pyridine rings is 1. The third-order valence-electron chi connectivity index (χ3n) is 4.11. The molecule has 0 aliphatic rings. The summed E-state index contributed by atoms with van der Waals surface area (Å²) in [5.41, 5.74) is 3.25. The fourth-order valence-electron chi connectivity index (χ4n) is 2.46. The van der Waals surface area contributed by atoms with Crippen molar-refractivity contribution in [3.63, 3.8) is 0 Å². The third kappa shape index (κ3) is 4.35. The zero-order valence-corrected chi connectivity index (χ0v) is 16.0. The van der Waals surface area contributed by atoms with Crippen LogP contribution in [0.5, 0.6) is 5.88 Å². The zero-order valence-electron chi connectivity index (χ0n) is 16.0. The third-order valence-corrected chi connectivity index (χ3v) is 4.11. The van der Waals surface area contributed by atoms with Crippen LogP contribution in [0.1, 0.15) is 41.3 Å². The second-order valence-electron chi connectivity index (χ2n) is 6.01. The standard InChI is InChI=1S/C19H22N6O3/c1-4-5-10-22-25-18(27)15(11-20)12(2)16(19(25)28)24-23-14-8-6-13(7-9-14)17(26)21-3/h6-9,22,27H,4-5,10H2,1-3H3,(H,21,26). The number of unbranched alkanes of at least 4 members (excludes halogenated alkanes) is 1. The van der Waals surface area contributed by atoms with Gasteiger partial charge in [0.15, 0.2) is 5.69 Å². The molecule has 1 aromatic carbocycles. The van der Waals surface area contributed by atoms with E-state index in [1.165, 1.54) is 14.0 Å². The largest absolute Gasteiger partial charge is 0.492 e. The molecule has 0 saturated heterocycles. The van der Waals surface area contributed by atoms with Gasteiger partial charge in [-0.25, -0.2) is 0 Å². The average Bonchev–Trinajstić information content (AvgIpc) is 2.70. The van der Waals surface area contributed by atoms with Crippen LogP contribution in [0.2, 0.25) is 0 Å². The summed E-state index contributed by atoms with van der Waals surface area (Å²) < 4.78 is 0.921. The van der Waals surface area contributed by atoms with Gasteiger partial charge in [0.05, 0.1) is 5.69 Å². The lowest BCUT2D eigenvalue weighted by Gasteiger charge is -2.14. The predicted octanol–water partition coefficient (Wildman–Crippen LogP) is 2.85. The summed E-state index contributed by atoms with van der Waals surface area (Å²) in [4.78, 5) is 24.3. The average molecular weight is 382 g/mol. The van der Waals surface area contributed by atoms with E-state index in [0.29, 0.717) is 17.8 Å². The van der Waals surface area contributed by atoms with Gasteiger partial charge in [-0.05, 0) is 37.6 Å². The van der Waals surface area contributed by atoms with Crippen LogP contribution in [-0.4, -0.2) is 29.3 Å². The van der Waals surface area contributed by atoms with Crippen molar-refractivity contribution in [1.29, 1.82) is 5.26 Å². The van der Waals surface area contributed by atoms with Crippen LogP contribution in [0.25, 0.3) is 0 Å². The van der Waals surface area contributed by atoms with Crippen LogP contribution in [0, 0.1) is 18.3 Å². The molecule has 146 valence electrons. The molecule has 0 bridgehead atoms. The summed E-state index contributed by atoms with van der Waals surface area (Å²) >= 11 is 0. The quantitative estimate of drug-likeness (QED) is 0.500. The van der Waals surface area contributed by atoms with E-state index in [1.54, 1.807) is 24.3 Å². The Morgan fingerprint density at radius 2 is 1.96 bits per heavy atom. The summed E-state index contributed by atoms with van der Waals surface area (Å²) in [5.74, 6) is -0.674. The fraction of sp³-hybridized carbons (Fsp3) is 0.316. The van der Waals surface area contributed by atoms with Crippen molar-refractivity contribution in [2.75, 3.05) is 19.0 Å².